The number of nitrogens with one attached hydrogen (secondary N) is 1. The van der Waals surface area contributed by atoms with Crippen molar-refractivity contribution in [2.45, 2.75) is 38.6 Å². The highest BCUT2D eigenvalue weighted by atomic mass is 15.2. The minimum absolute atomic E-state index is 0.380. The highest BCUT2D eigenvalue weighted by Gasteiger charge is 2.66. The molecule has 3 fully saturated rings. The van der Waals surface area contributed by atoms with Crippen LogP contribution in [0.3, 0.4) is 0 Å². The fourth-order valence-corrected chi connectivity index (χ4v) is 5.27. The quantitative estimate of drug-likeness (QED) is 0.642. The summed E-state index contributed by atoms with van der Waals surface area (Å²) in [5.41, 5.74) is 5.96. The van der Waals surface area contributed by atoms with E-state index in [0.29, 0.717) is 6.04 Å². The van der Waals surface area contributed by atoms with Gasteiger partial charge < -0.3 is 0 Å². The van der Waals surface area contributed by atoms with E-state index >= 15 is 0 Å². The van der Waals surface area contributed by atoms with Crippen LogP contribution in [0, 0.1) is 29.6 Å². The van der Waals surface area contributed by atoms with Gasteiger partial charge >= 0.3 is 0 Å². The maximum atomic E-state index is 5.90. The van der Waals surface area contributed by atoms with Gasteiger partial charge in [0.25, 0.3) is 0 Å². The van der Waals surface area contributed by atoms with Crippen LogP contribution >= 0.6 is 0 Å². The van der Waals surface area contributed by atoms with Crippen LogP contribution < -0.4 is 11.3 Å². The molecule has 5 unspecified atom stereocenters. The van der Waals surface area contributed by atoms with Crippen LogP contribution in [0.2, 0.25) is 0 Å². The van der Waals surface area contributed by atoms with Crippen molar-refractivity contribution in [3.63, 3.8) is 0 Å². The molecule has 3 saturated carbocycles. The molecule has 5 atom stereocenters. The number of benzene rings is 1. The monoisotopic (exact) mass is 256 g/mol. The molecular weight excluding hydrogens is 232 g/mol. The Morgan fingerprint density at radius 3 is 2.63 bits per heavy atom. The Bertz CT molecular complexity index is 468. The Kier molecular flexibility index (Phi) is 2.71. The number of rotatable bonds is 4. The second-order valence-electron chi connectivity index (χ2n) is 6.81. The zero-order chi connectivity index (χ0) is 13.0. The molecule has 2 nitrogen and oxygen atoms in total. The Morgan fingerprint density at radius 2 is 2.00 bits per heavy atom. The van der Waals surface area contributed by atoms with Crippen molar-refractivity contribution in [3.8, 4) is 0 Å². The molecule has 19 heavy (non-hydrogen) atoms. The van der Waals surface area contributed by atoms with Gasteiger partial charge in [-0.25, -0.2) is 0 Å². The van der Waals surface area contributed by atoms with Gasteiger partial charge in [-0.3, -0.25) is 11.3 Å². The van der Waals surface area contributed by atoms with Crippen molar-refractivity contribution in [2.75, 3.05) is 0 Å². The van der Waals surface area contributed by atoms with E-state index in [1.54, 1.807) is 0 Å². The minimum atomic E-state index is 0.380. The van der Waals surface area contributed by atoms with E-state index in [1.165, 1.54) is 30.4 Å². The first kappa shape index (κ1) is 11.9. The Balaban J connectivity index is 1.59. The molecular formula is C17H24N2. The molecule has 3 aliphatic carbocycles. The van der Waals surface area contributed by atoms with Crippen LogP contribution in [0.5, 0.6) is 0 Å². The molecule has 1 aromatic rings. The predicted molar refractivity (Wildman–Crippen MR) is 77.2 cm³/mol. The van der Waals surface area contributed by atoms with Crippen LogP contribution in [-0.4, -0.2) is 0 Å². The second kappa shape index (κ2) is 4.32. The third kappa shape index (κ3) is 1.70. The van der Waals surface area contributed by atoms with Crippen molar-refractivity contribution >= 4 is 0 Å². The summed E-state index contributed by atoms with van der Waals surface area (Å²) in [4.78, 5) is 0. The van der Waals surface area contributed by atoms with Gasteiger partial charge in [0.15, 0.2) is 0 Å². The summed E-state index contributed by atoms with van der Waals surface area (Å²) in [5, 5.41) is 0. The van der Waals surface area contributed by atoms with Gasteiger partial charge in [-0.1, -0.05) is 31.2 Å². The number of aryl methyl sites for hydroxylation is 1. The van der Waals surface area contributed by atoms with E-state index in [2.05, 4.69) is 36.6 Å². The van der Waals surface area contributed by atoms with Crippen molar-refractivity contribution in [3.05, 3.63) is 35.4 Å². The second-order valence-corrected chi connectivity index (χ2v) is 6.81. The van der Waals surface area contributed by atoms with Gasteiger partial charge in [0, 0.05) is 6.04 Å². The molecule has 1 aromatic carbocycles. The van der Waals surface area contributed by atoms with Crippen LogP contribution in [0.25, 0.3) is 0 Å². The highest BCUT2D eigenvalue weighted by molar-refractivity contribution is 5.30. The SMILES string of the molecule is CCc1cccc(C(NN)C2C3C4CCC(C4)C32)c1. The fourth-order valence-electron chi connectivity index (χ4n) is 5.27. The lowest BCUT2D eigenvalue weighted by Gasteiger charge is -2.20. The smallest absolute Gasteiger partial charge is 0.0493 e. The molecule has 2 heteroatoms. The lowest BCUT2D eigenvalue weighted by atomic mass is 9.92. The van der Waals surface area contributed by atoms with Crippen LogP contribution in [-0.2, 0) is 6.42 Å². The zero-order valence-electron chi connectivity index (χ0n) is 11.7. The normalized spacial score (nSPS) is 40.2. The molecule has 4 rings (SSSR count). The van der Waals surface area contributed by atoms with Crippen molar-refractivity contribution in [1.29, 1.82) is 0 Å². The largest absolute Gasteiger partial charge is 0.271 e. The summed E-state index contributed by atoms with van der Waals surface area (Å²) < 4.78 is 0. The van der Waals surface area contributed by atoms with E-state index in [1.807, 2.05) is 0 Å². The van der Waals surface area contributed by atoms with Crippen molar-refractivity contribution in [1.82, 2.24) is 5.43 Å². The molecule has 0 heterocycles. The third-order valence-electron chi connectivity index (χ3n) is 6.08. The molecule has 0 aromatic heterocycles. The van der Waals surface area contributed by atoms with Gasteiger partial charge in [0.2, 0.25) is 0 Å². The lowest BCUT2D eigenvalue weighted by molar-refractivity contribution is 0.374. The summed E-state index contributed by atoms with van der Waals surface area (Å²) in [6.07, 6.45) is 5.58. The van der Waals surface area contributed by atoms with Gasteiger partial charge in [0.1, 0.15) is 0 Å². The molecule has 3 aliphatic rings. The van der Waals surface area contributed by atoms with Crippen molar-refractivity contribution in [2.24, 2.45) is 35.4 Å². The average molecular weight is 256 g/mol. The van der Waals surface area contributed by atoms with Gasteiger partial charge in [-0.2, -0.15) is 0 Å². The number of hydrogen-bond donors (Lipinski definition) is 2. The van der Waals surface area contributed by atoms with Crippen LogP contribution in [0.15, 0.2) is 24.3 Å². The summed E-state index contributed by atoms with van der Waals surface area (Å²) >= 11 is 0. The Labute approximate surface area is 115 Å². The van der Waals surface area contributed by atoms with E-state index in [4.69, 9.17) is 5.84 Å². The topological polar surface area (TPSA) is 38.0 Å². The van der Waals surface area contributed by atoms with Crippen molar-refractivity contribution < 1.29 is 0 Å². The number of nitrogens with two attached hydrogens (primary N) is 1. The zero-order valence-corrected chi connectivity index (χ0v) is 11.7. The molecule has 0 aliphatic heterocycles. The van der Waals surface area contributed by atoms with E-state index in [9.17, 15) is 0 Å². The molecule has 3 N–H and O–H groups in total. The number of hydrogen-bond acceptors (Lipinski definition) is 2. The summed E-state index contributed by atoms with van der Waals surface area (Å²) in [7, 11) is 0. The fraction of sp³-hybridized carbons (Fsp3) is 0.647. The third-order valence-corrected chi connectivity index (χ3v) is 6.08. The van der Waals surface area contributed by atoms with E-state index in [0.717, 1.165) is 36.0 Å². The molecule has 0 amide bonds. The minimum Gasteiger partial charge on any atom is -0.271 e. The predicted octanol–water partition coefficient (Wildman–Crippen LogP) is 3.05. The first-order chi connectivity index (χ1) is 9.33. The van der Waals surface area contributed by atoms with Gasteiger partial charge in [-0.15, -0.1) is 0 Å². The van der Waals surface area contributed by atoms with Gasteiger partial charge in [0.05, 0.1) is 0 Å². The molecule has 0 spiro atoms. The summed E-state index contributed by atoms with van der Waals surface area (Å²) in [5.74, 6) is 10.7. The van der Waals surface area contributed by atoms with E-state index < -0.39 is 0 Å². The highest BCUT2D eigenvalue weighted by Crippen LogP contribution is 2.72. The Hall–Kier alpha value is -0.860. The maximum absolute atomic E-state index is 5.90. The van der Waals surface area contributed by atoms with Crippen LogP contribution in [0.1, 0.15) is 43.4 Å². The number of fused-ring (bicyclic) bond motifs is 5. The molecule has 102 valence electrons. The summed E-state index contributed by atoms with van der Waals surface area (Å²) in [6, 6.07) is 9.38. The van der Waals surface area contributed by atoms with E-state index in [-0.39, 0.29) is 0 Å². The van der Waals surface area contributed by atoms with Gasteiger partial charge in [-0.05, 0) is 66.4 Å². The molecule has 0 saturated heterocycles. The maximum Gasteiger partial charge on any atom is 0.0493 e. The first-order valence-corrected chi connectivity index (χ1v) is 7.88. The lowest BCUT2D eigenvalue weighted by Crippen LogP contribution is -2.31. The first-order valence-electron chi connectivity index (χ1n) is 7.88. The molecule has 0 radical (unpaired) electrons. The number of hydrazine groups is 1. The average Bonchev–Trinajstić information content (AvgIpc) is 2.87. The molecule has 2 bridgehead atoms. The summed E-state index contributed by atoms with van der Waals surface area (Å²) in [6.45, 7) is 2.22. The van der Waals surface area contributed by atoms with Crippen LogP contribution in [0.4, 0.5) is 0 Å². The standard InChI is InChI=1S/C17H24N2/c1-2-10-4-3-5-13(8-10)17(19-18)16-14-11-6-7-12(9-11)15(14)16/h3-5,8,11-12,14-17,19H,2,6-7,9,18H2,1H3. The Morgan fingerprint density at radius 1 is 1.26 bits per heavy atom.